The molecule has 2 heteroatoms. The second kappa shape index (κ2) is 8.54. The summed E-state index contributed by atoms with van der Waals surface area (Å²) in [6.07, 6.45) is 11.7. The highest BCUT2D eigenvalue weighted by Gasteiger charge is 1.93. The van der Waals surface area contributed by atoms with Gasteiger partial charge in [-0.1, -0.05) is 39.0 Å². The molecule has 0 aliphatic carbocycles. The molecule has 0 aromatic carbocycles. The van der Waals surface area contributed by atoms with Crippen molar-refractivity contribution in [2.75, 3.05) is 6.54 Å². The maximum Gasteiger partial charge on any atom is 0.0947 e. The van der Waals surface area contributed by atoms with Gasteiger partial charge in [-0.25, -0.2) is 0 Å². The number of hydrogen-bond donors (Lipinski definition) is 1. The lowest BCUT2D eigenvalue weighted by atomic mass is 10.1. The number of nitrogens with one attached hydrogen (secondary N) is 1. The van der Waals surface area contributed by atoms with Gasteiger partial charge in [0.05, 0.1) is 12.5 Å². The van der Waals surface area contributed by atoms with Crippen LogP contribution in [0.2, 0.25) is 0 Å². The summed E-state index contributed by atoms with van der Waals surface area (Å²) in [7, 11) is 0. The van der Waals surface area contributed by atoms with E-state index in [2.05, 4.69) is 12.2 Å². The van der Waals surface area contributed by atoms with Crippen molar-refractivity contribution < 1.29 is 4.42 Å². The van der Waals surface area contributed by atoms with Gasteiger partial charge in [-0.2, -0.15) is 0 Å². The van der Waals surface area contributed by atoms with E-state index in [9.17, 15) is 0 Å². The van der Waals surface area contributed by atoms with Gasteiger partial charge in [-0.3, -0.25) is 0 Å². The lowest BCUT2D eigenvalue weighted by molar-refractivity contribution is 0.553. The van der Waals surface area contributed by atoms with Gasteiger partial charge in [0, 0.05) is 12.1 Å². The fourth-order valence-electron chi connectivity index (χ4n) is 1.66. The molecule has 0 radical (unpaired) electrons. The van der Waals surface area contributed by atoms with Crippen molar-refractivity contribution in [3.05, 3.63) is 24.2 Å². The molecule has 1 heterocycles. The Hall–Kier alpha value is -0.760. The number of furan rings is 1. The predicted molar refractivity (Wildman–Crippen MR) is 63.8 cm³/mol. The molecule has 0 bridgehead atoms. The first-order valence-corrected chi connectivity index (χ1v) is 6.15. The summed E-state index contributed by atoms with van der Waals surface area (Å²) in [6, 6.07) is 2.01. The smallest absolute Gasteiger partial charge is 0.0947 e. The number of hydrogen-bond acceptors (Lipinski definition) is 2. The van der Waals surface area contributed by atoms with Gasteiger partial charge in [-0.05, 0) is 19.0 Å². The quantitative estimate of drug-likeness (QED) is 0.627. The van der Waals surface area contributed by atoms with Gasteiger partial charge in [0.25, 0.3) is 0 Å². The maximum atomic E-state index is 5.00. The Labute approximate surface area is 93.1 Å². The molecule has 2 nitrogen and oxygen atoms in total. The first-order valence-electron chi connectivity index (χ1n) is 6.15. The summed E-state index contributed by atoms with van der Waals surface area (Å²) in [6.45, 7) is 4.31. The molecule has 0 fully saturated rings. The average molecular weight is 209 g/mol. The molecule has 0 unspecified atom stereocenters. The number of unbranched alkanes of at least 4 members (excludes halogenated alkanes) is 5. The first kappa shape index (κ1) is 12.3. The molecule has 0 amide bonds. The Morgan fingerprint density at radius 3 is 2.67 bits per heavy atom. The lowest BCUT2D eigenvalue weighted by Gasteiger charge is -2.02. The van der Waals surface area contributed by atoms with E-state index >= 15 is 0 Å². The summed E-state index contributed by atoms with van der Waals surface area (Å²) in [5, 5.41) is 3.42. The van der Waals surface area contributed by atoms with Crippen molar-refractivity contribution >= 4 is 0 Å². The Morgan fingerprint density at radius 1 is 1.13 bits per heavy atom. The Balaban J connectivity index is 1.81. The maximum absolute atomic E-state index is 5.00. The van der Waals surface area contributed by atoms with Gasteiger partial charge in [0.15, 0.2) is 0 Å². The minimum atomic E-state index is 0.936. The standard InChI is InChI=1S/C13H23NO/c1-2-3-4-5-6-7-9-14-11-13-8-10-15-12-13/h8,10,12,14H,2-7,9,11H2,1H3. The van der Waals surface area contributed by atoms with Gasteiger partial charge >= 0.3 is 0 Å². The molecule has 1 aromatic heterocycles. The zero-order chi connectivity index (χ0) is 10.8. The highest BCUT2D eigenvalue weighted by Crippen LogP contribution is 2.04. The van der Waals surface area contributed by atoms with Crippen LogP contribution in [0.4, 0.5) is 0 Å². The zero-order valence-electron chi connectivity index (χ0n) is 9.80. The first-order chi connectivity index (χ1) is 7.43. The van der Waals surface area contributed by atoms with E-state index in [1.807, 2.05) is 6.07 Å². The summed E-state index contributed by atoms with van der Waals surface area (Å²) < 4.78 is 5.00. The van der Waals surface area contributed by atoms with E-state index < -0.39 is 0 Å². The third kappa shape index (κ3) is 6.34. The van der Waals surface area contributed by atoms with E-state index in [-0.39, 0.29) is 0 Å². The SMILES string of the molecule is CCCCCCCCNCc1ccoc1. The van der Waals surface area contributed by atoms with Crippen LogP contribution in [0.25, 0.3) is 0 Å². The molecule has 0 spiro atoms. The third-order valence-corrected chi connectivity index (χ3v) is 2.62. The highest BCUT2D eigenvalue weighted by atomic mass is 16.3. The second-order valence-corrected chi connectivity index (χ2v) is 4.08. The van der Waals surface area contributed by atoms with Gasteiger partial charge in [-0.15, -0.1) is 0 Å². The van der Waals surface area contributed by atoms with Gasteiger partial charge < -0.3 is 9.73 Å². The molecule has 0 saturated carbocycles. The second-order valence-electron chi connectivity index (χ2n) is 4.08. The van der Waals surface area contributed by atoms with Crippen LogP contribution in [0.5, 0.6) is 0 Å². The topological polar surface area (TPSA) is 25.2 Å². The summed E-state index contributed by atoms with van der Waals surface area (Å²) in [4.78, 5) is 0. The van der Waals surface area contributed by atoms with E-state index in [1.54, 1.807) is 12.5 Å². The van der Waals surface area contributed by atoms with Crippen molar-refractivity contribution in [3.63, 3.8) is 0 Å². The van der Waals surface area contributed by atoms with Gasteiger partial charge in [0.2, 0.25) is 0 Å². The van der Waals surface area contributed by atoms with Crippen LogP contribution in [-0.4, -0.2) is 6.54 Å². The van der Waals surface area contributed by atoms with Crippen molar-refractivity contribution in [3.8, 4) is 0 Å². The molecule has 0 saturated heterocycles. The average Bonchev–Trinajstić information content (AvgIpc) is 2.75. The zero-order valence-corrected chi connectivity index (χ0v) is 9.80. The molecule has 1 aromatic rings. The molecule has 1 N–H and O–H groups in total. The van der Waals surface area contributed by atoms with Crippen LogP contribution in [0.1, 0.15) is 51.0 Å². The third-order valence-electron chi connectivity index (χ3n) is 2.62. The van der Waals surface area contributed by atoms with Crippen molar-refractivity contribution in [1.29, 1.82) is 0 Å². The largest absolute Gasteiger partial charge is 0.472 e. The monoisotopic (exact) mass is 209 g/mol. The summed E-state index contributed by atoms with van der Waals surface area (Å²) in [5.74, 6) is 0. The minimum Gasteiger partial charge on any atom is -0.472 e. The minimum absolute atomic E-state index is 0.936. The highest BCUT2D eigenvalue weighted by molar-refractivity contribution is 5.04. The molecule has 0 atom stereocenters. The lowest BCUT2D eigenvalue weighted by Crippen LogP contribution is -2.13. The molecular formula is C13H23NO. The normalized spacial score (nSPS) is 10.7. The molecule has 1 rings (SSSR count). The fourth-order valence-corrected chi connectivity index (χ4v) is 1.66. The predicted octanol–water partition coefficient (Wildman–Crippen LogP) is 3.73. The van der Waals surface area contributed by atoms with Crippen LogP contribution in [0.3, 0.4) is 0 Å². The van der Waals surface area contributed by atoms with E-state index in [4.69, 9.17) is 4.42 Å². The number of rotatable bonds is 9. The molecule has 0 aliphatic rings. The Bertz CT molecular complexity index is 218. The van der Waals surface area contributed by atoms with Crippen molar-refractivity contribution in [2.24, 2.45) is 0 Å². The summed E-state index contributed by atoms with van der Waals surface area (Å²) >= 11 is 0. The Morgan fingerprint density at radius 2 is 1.93 bits per heavy atom. The van der Waals surface area contributed by atoms with Crippen molar-refractivity contribution in [2.45, 2.75) is 52.0 Å². The van der Waals surface area contributed by atoms with Gasteiger partial charge in [0.1, 0.15) is 0 Å². The van der Waals surface area contributed by atoms with E-state index in [0.29, 0.717) is 0 Å². The Kier molecular flexibility index (Phi) is 7.01. The van der Waals surface area contributed by atoms with Crippen LogP contribution in [0, 0.1) is 0 Å². The van der Waals surface area contributed by atoms with E-state index in [0.717, 1.165) is 13.1 Å². The van der Waals surface area contributed by atoms with Crippen LogP contribution in [0.15, 0.2) is 23.0 Å². The molecular weight excluding hydrogens is 186 g/mol. The van der Waals surface area contributed by atoms with E-state index in [1.165, 1.54) is 44.1 Å². The fraction of sp³-hybridized carbons (Fsp3) is 0.692. The van der Waals surface area contributed by atoms with Crippen LogP contribution in [-0.2, 0) is 6.54 Å². The summed E-state index contributed by atoms with van der Waals surface area (Å²) in [5.41, 5.74) is 1.24. The van der Waals surface area contributed by atoms with Crippen LogP contribution >= 0.6 is 0 Å². The molecule has 15 heavy (non-hydrogen) atoms. The molecule has 0 aliphatic heterocycles. The van der Waals surface area contributed by atoms with Crippen LogP contribution < -0.4 is 5.32 Å². The van der Waals surface area contributed by atoms with Crippen molar-refractivity contribution in [1.82, 2.24) is 5.32 Å². The molecule has 86 valence electrons.